The molecular weight excluding hydrogens is 248 g/mol. The van der Waals surface area contributed by atoms with Gasteiger partial charge >= 0.3 is 0 Å². The number of benzene rings is 2. The van der Waals surface area contributed by atoms with E-state index in [1.165, 1.54) is 0 Å². The van der Waals surface area contributed by atoms with E-state index in [1.807, 2.05) is 30.3 Å². The van der Waals surface area contributed by atoms with E-state index < -0.39 is 0 Å². The van der Waals surface area contributed by atoms with Crippen LogP contribution in [0, 0.1) is 0 Å². The highest BCUT2D eigenvalue weighted by atomic mass is 35.5. The van der Waals surface area contributed by atoms with E-state index in [1.54, 1.807) is 18.2 Å². The van der Waals surface area contributed by atoms with Crippen LogP contribution in [0.5, 0.6) is 0 Å². The lowest BCUT2D eigenvalue weighted by molar-refractivity contribution is 1.18. The minimum atomic E-state index is -0.179. The zero-order chi connectivity index (χ0) is 12.5. The van der Waals surface area contributed by atoms with Crippen LogP contribution in [0.15, 0.2) is 53.3 Å². The van der Waals surface area contributed by atoms with Gasteiger partial charge in [0.15, 0.2) is 0 Å². The van der Waals surface area contributed by atoms with Crippen LogP contribution in [0.25, 0.3) is 22.3 Å². The maximum atomic E-state index is 12.0. The number of aromatic nitrogens is 2. The number of hydrogen-bond acceptors (Lipinski definition) is 2. The van der Waals surface area contributed by atoms with Crippen molar-refractivity contribution in [1.82, 2.24) is 9.97 Å². The summed E-state index contributed by atoms with van der Waals surface area (Å²) in [6, 6.07) is 14.7. The lowest BCUT2D eigenvalue weighted by Crippen LogP contribution is -2.09. The summed E-state index contributed by atoms with van der Waals surface area (Å²) >= 11 is 6.07. The Morgan fingerprint density at radius 2 is 1.78 bits per heavy atom. The molecule has 3 nitrogen and oxygen atoms in total. The van der Waals surface area contributed by atoms with Gasteiger partial charge in [0.25, 0.3) is 5.56 Å². The number of para-hydroxylation sites is 1. The van der Waals surface area contributed by atoms with Crippen molar-refractivity contribution in [2.24, 2.45) is 0 Å². The molecule has 0 amide bonds. The van der Waals surface area contributed by atoms with Crippen molar-refractivity contribution in [2.75, 3.05) is 0 Å². The van der Waals surface area contributed by atoms with Crippen molar-refractivity contribution < 1.29 is 0 Å². The van der Waals surface area contributed by atoms with Gasteiger partial charge in [-0.25, -0.2) is 4.98 Å². The van der Waals surface area contributed by atoms with E-state index in [2.05, 4.69) is 9.97 Å². The smallest absolute Gasteiger partial charge is 0.259 e. The lowest BCUT2D eigenvalue weighted by atomic mass is 10.2. The summed E-state index contributed by atoms with van der Waals surface area (Å²) < 4.78 is 0. The number of aromatic amines is 1. The molecule has 0 saturated carbocycles. The Morgan fingerprint density at radius 3 is 2.56 bits per heavy atom. The van der Waals surface area contributed by atoms with Crippen LogP contribution in [-0.2, 0) is 0 Å². The van der Waals surface area contributed by atoms with Gasteiger partial charge in [0.05, 0.1) is 15.9 Å². The zero-order valence-corrected chi connectivity index (χ0v) is 10.1. The molecule has 0 unspecified atom stereocenters. The van der Waals surface area contributed by atoms with Gasteiger partial charge in [-0.15, -0.1) is 0 Å². The van der Waals surface area contributed by atoms with Crippen molar-refractivity contribution in [2.45, 2.75) is 0 Å². The molecule has 3 aromatic rings. The zero-order valence-electron chi connectivity index (χ0n) is 9.35. The van der Waals surface area contributed by atoms with Crippen molar-refractivity contribution in [3.8, 4) is 11.4 Å². The molecule has 1 N–H and O–H groups in total. The second-order valence-electron chi connectivity index (χ2n) is 3.92. The van der Waals surface area contributed by atoms with Gasteiger partial charge in [-0.3, -0.25) is 4.79 Å². The number of H-pyrrole nitrogens is 1. The van der Waals surface area contributed by atoms with Crippen molar-refractivity contribution in [3.63, 3.8) is 0 Å². The molecule has 0 atom stereocenters. The number of fused-ring (bicyclic) bond motifs is 1. The molecular formula is C14H9ClN2O. The summed E-state index contributed by atoms with van der Waals surface area (Å²) in [5.41, 5.74) is 1.21. The number of rotatable bonds is 1. The number of nitrogens with zero attached hydrogens (tertiary/aromatic N) is 1. The normalized spacial score (nSPS) is 10.7. The predicted molar refractivity (Wildman–Crippen MR) is 72.8 cm³/mol. The minimum Gasteiger partial charge on any atom is -0.306 e. The molecule has 2 aromatic carbocycles. The van der Waals surface area contributed by atoms with E-state index in [9.17, 15) is 4.79 Å². The Kier molecular flexibility index (Phi) is 2.61. The third-order valence-electron chi connectivity index (χ3n) is 2.73. The van der Waals surface area contributed by atoms with Gasteiger partial charge in [0.2, 0.25) is 0 Å². The Morgan fingerprint density at radius 1 is 1.00 bits per heavy atom. The van der Waals surface area contributed by atoms with E-state index >= 15 is 0 Å². The summed E-state index contributed by atoms with van der Waals surface area (Å²) in [5.74, 6) is 0.529. The summed E-state index contributed by atoms with van der Waals surface area (Å²) in [5, 5.41) is 0.984. The van der Waals surface area contributed by atoms with Gasteiger partial charge < -0.3 is 4.98 Å². The minimum absolute atomic E-state index is 0.179. The molecule has 1 aromatic heterocycles. The Labute approximate surface area is 108 Å². The molecule has 0 aliphatic rings. The highest BCUT2D eigenvalue weighted by molar-refractivity contribution is 6.35. The standard InChI is InChI=1S/C14H9ClN2O/c15-11-8-4-7-10-12(11)16-13(17-14(10)18)9-5-2-1-3-6-9/h1-8H,(H,16,17,18). The van der Waals surface area contributed by atoms with Crippen LogP contribution in [0.3, 0.4) is 0 Å². The Balaban J connectivity index is 2.34. The highest BCUT2D eigenvalue weighted by Gasteiger charge is 2.07. The van der Waals surface area contributed by atoms with E-state index in [-0.39, 0.29) is 5.56 Å². The van der Waals surface area contributed by atoms with Gasteiger partial charge in [-0.1, -0.05) is 48.0 Å². The molecule has 0 saturated heterocycles. The number of halogens is 1. The fourth-order valence-electron chi connectivity index (χ4n) is 1.86. The van der Waals surface area contributed by atoms with E-state index in [0.29, 0.717) is 21.7 Å². The summed E-state index contributed by atoms with van der Waals surface area (Å²) in [6.07, 6.45) is 0. The molecule has 0 spiro atoms. The van der Waals surface area contributed by atoms with Gasteiger partial charge in [-0.2, -0.15) is 0 Å². The SMILES string of the molecule is O=c1[nH]c(-c2ccccc2)nc2c(Cl)cccc12. The topological polar surface area (TPSA) is 45.8 Å². The van der Waals surface area contributed by atoms with Crippen molar-refractivity contribution >= 4 is 22.5 Å². The molecule has 88 valence electrons. The first kappa shape index (κ1) is 11.0. The fourth-order valence-corrected chi connectivity index (χ4v) is 2.08. The first-order chi connectivity index (χ1) is 8.75. The third kappa shape index (κ3) is 1.79. The maximum Gasteiger partial charge on any atom is 0.259 e. The molecule has 3 rings (SSSR count). The van der Waals surface area contributed by atoms with Crippen LogP contribution >= 0.6 is 11.6 Å². The highest BCUT2D eigenvalue weighted by Crippen LogP contribution is 2.21. The number of hydrogen-bond donors (Lipinski definition) is 1. The summed E-state index contributed by atoms with van der Waals surface area (Å²) in [6.45, 7) is 0. The molecule has 1 heterocycles. The van der Waals surface area contributed by atoms with Gasteiger partial charge in [0, 0.05) is 5.56 Å². The van der Waals surface area contributed by atoms with Crippen LogP contribution < -0.4 is 5.56 Å². The summed E-state index contributed by atoms with van der Waals surface area (Å²) in [7, 11) is 0. The van der Waals surface area contributed by atoms with Crippen molar-refractivity contribution in [3.05, 3.63) is 63.9 Å². The molecule has 0 fully saturated rings. The number of nitrogens with one attached hydrogen (secondary N) is 1. The van der Waals surface area contributed by atoms with Crippen molar-refractivity contribution in [1.29, 1.82) is 0 Å². The van der Waals surface area contributed by atoms with Gasteiger partial charge in [0.1, 0.15) is 5.82 Å². The van der Waals surface area contributed by atoms with E-state index in [0.717, 1.165) is 5.56 Å². The molecule has 0 aliphatic heterocycles. The average molecular weight is 257 g/mol. The maximum absolute atomic E-state index is 12.0. The van der Waals surface area contributed by atoms with Crippen LogP contribution in [0.4, 0.5) is 0 Å². The quantitative estimate of drug-likeness (QED) is 0.726. The first-order valence-electron chi connectivity index (χ1n) is 5.50. The largest absolute Gasteiger partial charge is 0.306 e. The third-order valence-corrected chi connectivity index (χ3v) is 3.04. The van der Waals surface area contributed by atoms with Crippen LogP contribution in [0.1, 0.15) is 0 Å². The molecule has 18 heavy (non-hydrogen) atoms. The molecule has 4 heteroatoms. The monoisotopic (exact) mass is 256 g/mol. The lowest BCUT2D eigenvalue weighted by Gasteiger charge is -2.03. The first-order valence-corrected chi connectivity index (χ1v) is 5.87. The molecule has 0 aliphatic carbocycles. The van der Waals surface area contributed by atoms with Gasteiger partial charge in [-0.05, 0) is 12.1 Å². The Bertz CT molecular complexity index is 766. The second-order valence-corrected chi connectivity index (χ2v) is 4.32. The average Bonchev–Trinajstić information content (AvgIpc) is 2.41. The Hall–Kier alpha value is -2.13. The molecule has 0 bridgehead atoms. The van der Waals surface area contributed by atoms with Crippen LogP contribution in [0.2, 0.25) is 5.02 Å². The second kappa shape index (κ2) is 4.27. The van der Waals surface area contributed by atoms with Crippen LogP contribution in [-0.4, -0.2) is 9.97 Å². The van der Waals surface area contributed by atoms with E-state index in [4.69, 9.17) is 11.6 Å². The fraction of sp³-hybridized carbons (Fsp3) is 0. The molecule has 0 radical (unpaired) electrons. The predicted octanol–water partition coefficient (Wildman–Crippen LogP) is 3.24. The summed E-state index contributed by atoms with van der Waals surface area (Å²) in [4.78, 5) is 19.2.